The predicted octanol–water partition coefficient (Wildman–Crippen LogP) is 4.04. The number of hydrogen-bond donors (Lipinski definition) is 1. The van der Waals surface area contributed by atoms with Crippen molar-refractivity contribution in [1.82, 2.24) is 9.88 Å². The average molecular weight is 365 g/mol. The standard InChI is InChI=1S/C20H19N3O2S/c1-14(24)21-20-22-18(13-26-20)19(25)23(2)12-16-10-6-7-11-17(16)15-8-4-3-5-9-15/h3-11,13H,12H2,1-2H3,(H,21,22,24). The summed E-state index contributed by atoms with van der Waals surface area (Å²) in [6.45, 7) is 1.88. The minimum atomic E-state index is -0.205. The van der Waals surface area contributed by atoms with E-state index in [2.05, 4.69) is 28.5 Å². The van der Waals surface area contributed by atoms with Crippen LogP contribution in [0.2, 0.25) is 0 Å². The van der Waals surface area contributed by atoms with E-state index in [1.54, 1.807) is 17.3 Å². The fourth-order valence-electron chi connectivity index (χ4n) is 2.66. The highest BCUT2D eigenvalue weighted by Gasteiger charge is 2.17. The van der Waals surface area contributed by atoms with Gasteiger partial charge in [-0.3, -0.25) is 9.59 Å². The van der Waals surface area contributed by atoms with Crippen LogP contribution in [0.1, 0.15) is 23.0 Å². The van der Waals surface area contributed by atoms with Gasteiger partial charge in [-0.25, -0.2) is 4.98 Å². The van der Waals surface area contributed by atoms with Gasteiger partial charge in [-0.2, -0.15) is 0 Å². The lowest BCUT2D eigenvalue weighted by atomic mass is 9.99. The first kappa shape index (κ1) is 17.8. The van der Waals surface area contributed by atoms with Crippen LogP contribution in [0, 0.1) is 0 Å². The summed E-state index contributed by atoms with van der Waals surface area (Å²) in [5, 5.41) is 4.69. The lowest BCUT2D eigenvalue weighted by molar-refractivity contribution is -0.114. The Morgan fingerprint density at radius 1 is 1.08 bits per heavy atom. The van der Waals surface area contributed by atoms with Crippen LogP contribution in [0.3, 0.4) is 0 Å². The zero-order chi connectivity index (χ0) is 18.5. The highest BCUT2D eigenvalue weighted by atomic mass is 32.1. The number of nitrogens with zero attached hydrogens (tertiary/aromatic N) is 2. The SMILES string of the molecule is CC(=O)Nc1nc(C(=O)N(C)Cc2ccccc2-c2ccccc2)cs1. The molecule has 0 saturated carbocycles. The Hall–Kier alpha value is -2.99. The number of thiazole rings is 1. The fourth-order valence-corrected chi connectivity index (χ4v) is 3.39. The molecule has 5 nitrogen and oxygen atoms in total. The summed E-state index contributed by atoms with van der Waals surface area (Å²) in [5.41, 5.74) is 3.61. The van der Waals surface area contributed by atoms with Gasteiger partial charge in [0.15, 0.2) is 5.13 Å². The van der Waals surface area contributed by atoms with Gasteiger partial charge < -0.3 is 10.2 Å². The van der Waals surface area contributed by atoms with Gasteiger partial charge in [0, 0.05) is 25.9 Å². The van der Waals surface area contributed by atoms with Crippen LogP contribution in [0.25, 0.3) is 11.1 Å². The zero-order valence-electron chi connectivity index (χ0n) is 14.6. The van der Waals surface area contributed by atoms with Crippen LogP contribution in [-0.4, -0.2) is 28.7 Å². The summed E-state index contributed by atoms with van der Waals surface area (Å²) in [7, 11) is 1.75. The van der Waals surface area contributed by atoms with Crippen LogP contribution in [-0.2, 0) is 11.3 Å². The van der Waals surface area contributed by atoms with Crippen molar-refractivity contribution in [3.05, 3.63) is 71.2 Å². The number of carbonyl (C=O) groups is 2. The van der Waals surface area contributed by atoms with E-state index in [1.807, 2.05) is 36.4 Å². The van der Waals surface area contributed by atoms with E-state index in [9.17, 15) is 9.59 Å². The predicted molar refractivity (Wildman–Crippen MR) is 104 cm³/mol. The lowest BCUT2D eigenvalue weighted by Gasteiger charge is -2.18. The van der Waals surface area contributed by atoms with Crippen molar-refractivity contribution in [2.24, 2.45) is 0 Å². The number of rotatable bonds is 5. The third kappa shape index (κ3) is 4.15. The summed E-state index contributed by atoms with van der Waals surface area (Å²) in [4.78, 5) is 29.6. The summed E-state index contributed by atoms with van der Waals surface area (Å²) in [5.74, 6) is -0.385. The zero-order valence-corrected chi connectivity index (χ0v) is 15.4. The molecule has 1 heterocycles. The van der Waals surface area contributed by atoms with E-state index in [0.717, 1.165) is 16.7 Å². The van der Waals surface area contributed by atoms with Crippen molar-refractivity contribution in [1.29, 1.82) is 0 Å². The second kappa shape index (κ2) is 7.93. The Morgan fingerprint density at radius 2 is 1.77 bits per heavy atom. The number of carbonyl (C=O) groups excluding carboxylic acids is 2. The molecule has 0 fully saturated rings. The molecule has 0 aliphatic heterocycles. The van der Waals surface area contributed by atoms with Crippen molar-refractivity contribution in [3.8, 4) is 11.1 Å². The number of hydrogen-bond acceptors (Lipinski definition) is 4. The Balaban J connectivity index is 1.78. The van der Waals surface area contributed by atoms with Crippen molar-refractivity contribution in [2.75, 3.05) is 12.4 Å². The Bertz CT molecular complexity index is 922. The van der Waals surface area contributed by atoms with E-state index >= 15 is 0 Å². The first-order valence-corrected chi connectivity index (χ1v) is 9.04. The molecule has 132 valence electrons. The lowest BCUT2D eigenvalue weighted by Crippen LogP contribution is -2.26. The Labute approximate surface area is 156 Å². The first-order valence-electron chi connectivity index (χ1n) is 8.16. The summed E-state index contributed by atoms with van der Waals surface area (Å²) < 4.78 is 0. The maximum absolute atomic E-state index is 12.7. The number of anilines is 1. The molecule has 0 unspecified atom stereocenters. The minimum absolute atomic E-state index is 0.180. The van der Waals surface area contributed by atoms with Crippen molar-refractivity contribution < 1.29 is 9.59 Å². The van der Waals surface area contributed by atoms with Crippen LogP contribution >= 0.6 is 11.3 Å². The molecule has 2 aromatic carbocycles. The molecule has 0 aliphatic rings. The molecule has 0 spiro atoms. The van der Waals surface area contributed by atoms with Gasteiger partial charge >= 0.3 is 0 Å². The van der Waals surface area contributed by atoms with Gasteiger partial charge in [0.25, 0.3) is 5.91 Å². The highest BCUT2D eigenvalue weighted by Crippen LogP contribution is 2.25. The second-order valence-electron chi connectivity index (χ2n) is 5.90. The Kier molecular flexibility index (Phi) is 5.43. The molecule has 0 bridgehead atoms. The minimum Gasteiger partial charge on any atom is -0.336 e. The van der Waals surface area contributed by atoms with Gasteiger partial charge in [-0.05, 0) is 16.7 Å². The maximum atomic E-state index is 12.7. The quantitative estimate of drug-likeness (QED) is 0.742. The summed E-state index contributed by atoms with van der Waals surface area (Å²) in [6, 6.07) is 18.1. The Morgan fingerprint density at radius 3 is 2.50 bits per heavy atom. The topological polar surface area (TPSA) is 62.3 Å². The first-order chi connectivity index (χ1) is 12.5. The second-order valence-corrected chi connectivity index (χ2v) is 6.76. The van der Waals surface area contributed by atoms with Gasteiger partial charge in [0.05, 0.1) is 0 Å². The third-order valence-corrected chi connectivity index (χ3v) is 4.62. The largest absolute Gasteiger partial charge is 0.336 e. The van der Waals surface area contributed by atoms with Crippen LogP contribution in [0.15, 0.2) is 60.0 Å². The summed E-state index contributed by atoms with van der Waals surface area (Å²) in [6.07, 6.45) is 0. The van der Waals surface area contributed by atoms with E-state index in [0.29, 0.717) is 17.4 Å². The van der Waals surface area contributed by atoms with Gasteiger partial charge in [-0.15, -0.1) is 11.3 Å². The fraction of sp³-hybridized carbons (Fsp3) is 0.150. The molecule has 2 amide bonds. The number of nitrogens with one attached hydrogen (secondary N) is 1. The molecule has 0 radical (unpaired) electrons. The molecule has 3 rings (SSSR count). The smallest absolute Gasteiger partial charge is 0.273 e. The van der Waals surface area contributed by atoms with Crippen LogP contribution in [0.5, 0.6) is 0 Å². The van der Waals surface area contributed by atoms with Crippen LogP contribution in [0.4, 0.5) is 5.13 Å². The average Bonchev–Trinajstić information content (AvgIpc) is 3.10. The number of aromatic nitrogens is 1. The molecule has 3 aromatic rings. The van der Waals surface area contributed by atoms with Crippen LogP contribution < -0.4 is 5.32 Å². The molecule has 0 saturated heterocycles. The molecule has 0 atom stereocenters. The third-order valence-electron chi connectivity index (χ3n) is 3.86. The van der Waals surface area contributed by atoms with Gasteiger partial charge in [-0.1, -0.05) is 54.6 Å². The van der Waals surface area contributed by atoms with Crippen molar-refractivity contribution in [2.45, 2.75) is 13.5 Å². The van der Waals surface area contributed by atoms with E-state index in [-0.39, 0.29) is 11.8 Å². The van der Waals surface area contributed by atoms with Gasteiger partial charge in [0.2, 0.25) is 5.91 Å². The number of benzene rings is 2. The molecule has 1 aromatic heterocycles. The van der Waals surface area contributed by atoms with E-state index in [4.69, 9.17) is 0 Å². The molecule has 6 heteroatoms. The van der Waals surface area contributed by atoms with Gasteiger partial charge in [0.1, 0.15) is 5.69 Å². The van der Waals surface area contributed by atoms with Crippen molar-refractivity contribution in [3.63, 3.8) is 0 Å². The molecule has 0 aliphatic carbocycles. The van der Waals surface area contributed by atoms with E-state index < -0.39 is 0 Å². The highest BCUT2D eigenvalue weighted by molar-refractivity contribution is 7.14. The normalized spacial score (nSPS) is 10.4. The monoisotopic (exact) mass is 365 g/mol. The molecule has 26 heavy (non-hydrogen) atoms. The summed E-state index contributed by atoms with van der Waals surface area (Å²) >= 11 is 1.24. The van der Waals surface area contributed by atoms with E-state index in [1.165, 1.54) is 18.3 Å². The molecular weight excluding hydrogens is 346 g/mol. The molecular formula is C20H19N3O2S. The molecule has 1 N–H and O–H groups in total. The maximum Gasteiger partial charge on any atom is 0.273 e. The van der Waals surface area contributed by atoms with Crippen molar-refractivity contribution >= 4 is 28.3 Å². The number of amides is 2.